The fourth-order valence-electron chi connectivity index (χ4n) is 4.28. The monoisotopic (exact) mass is 473 g/mol. The fraction of sp³-hybridized carbons (Fsp3) is 0.185. The summed E-state index contributed by atoms with van der Waals surface area (Å²) in [5, 5.41) is 9.44. The largest absolute Gasteiger partial charge is 0.493 e. The van der Waals surface area contributed by atoms with E-state index < -0.39 is 35.4 Å². The highest BCUT2D eigenvalue weighted by molar-refractivity contribution is 6.49. The van der Waals surface area contributed by atoms with Crippen molar-refractivity contribution in [1.82, 2.24) is 0 Å². The predicted molar refractivity (Wildman–Crippen MR) is 127 cm³/mol. The molecule has 0 aliphatic carbocycles. The van der Waals surface area contributed by atoms with Gasteiger partial charge < -0.3 is 14.6 Å². The highest BCUT2D eigenvalue weighted by Gasteiger charge is 2.52. The molecule has 0 bridgehead atoms. The Morgan fingerprint density at radius 2 is 1.54 bits per heavy atom. The Morgan fingerprint density at radius 3 is 2.17 bits per heavy atom. The van der Waals surface area contributed by atoms with Gasteiger partial charge in [0.15, 0.2) is 17.3 Å². The minimum atomic E-state index is -1.34. The van der Waals surface area contributed by atoms with Gasteiger partial charge in [0.2, 0.25) is 5.78 Å². The van der Waals surface area contributed by atoms with E-state index in [9.17, 15) is 24.3 Å². The minimum Gasteiger partial charge on any atom is -0.493 e. The summed E-state index contributed by atoms with van der Waals surface area (Å²) in [4.78, 5) is 52.9. The third kappa shape index (κ3) is 4.26. The molecule has 2 unspecified atom stereocenters. The number of aromatic carboxylic acids is 1. The van der Waals surface area contributed by atoms with Gasteiger partial charge in [0.05, 0.1) is 25.8 Å². The van der Waals surface area contributed by atoms with Crippen molar-refractivity contribution in [3.63, 3.8) is 0 Å². The molecule has 1 amide bonds. The number of anilines is 1. The lowest BCUT2D eigenvalue weighted by Gasteiger charge is -2.28. The smallest absolute Gasteiger partial charge is 0.335 e. The van der Waals surface area contributed by atoms with Crippen LogP contribution < -0.4 is 14.4 Å². The van der Waals surface area contributed by atoms with Crippen LogP contribution in [0, 0.1) is 12.8 Å². The van der Waals surface area contributed by atoms with Crippen molar-refractivity contribution >= 4 is 29.1 Å². The summed E-state index contributed by atoms with van der Waals surface area (Å²) in [6, 6.07) is 16.3. The summed E-state index contributed by atoms with van der Waals surface area (Å²) in [6.45, 7) is 1.88. The summed E-state index contributed by atoms with van der Waals surface area (Å²) in [5.74, 6) is -3.98. The van der Waals surface area contributed by atoms with E-state index in [1.165, 1.54) is 43.4 Å². The molecule has 1 aliphatic heterocycles. The van der Waals surface area contributed by atoms with Gasteiger partial charge >= 0.3 is 5.97 Å². The van der Waals surface area contributed by atoms with Gasteiger partial charge in [-0.1, -0.05) is 42.0 Å². The number of hydrogen-bond donors (Lipinski definition) is 1. The summed E-state index contributed by atoms with van der Waals surface area (Å²) in [6.07, 6.45) is 0. The van der Waals surface area contributed by atoms with Gasteiger partial charge in [-0.2, -0.15) is 0 Å². The van der Waals surface area contributed by atoms with Crippen molar-refractivity contribution in [3.05, 3.63) is 89.0 Å². The molecule has 0 spiro atoms. The zero-order valence-electron chi connectivity index (χ0n) is 19.3. The maximum Gasteiger partial charge on any atom is 0.335 e. The molecular weight excluding hydrogens is 450 g/mol. The van der Waals surface area contributed by atoms with E-state index in [1.54, 1.807) is 42.5 Å². The molecule has 1 heterocycles. The van der Waals surface area contributed by atoms with Crippen LogP contribution in [0.25, 0.3) is 0 Å². The van der Waals surface area contributed by atoms with Crippen molar-refractivity contribution in [2.45, 2.75) is 13.0 Å². The molecule has 1 N–H and O–H groups in total. The van der Waals surface area contributed by atoms with E-state index >= 15 is 0 Å². The van der Waals surface area contributed by atoms with E-state index in [0.29, 0.717) is 22.6 Å². The van der Waals surface area contributed by atoms with Crippen molar-refractivity contribution in [1.29, 1.82) is 0 Å². The Balaban J connectivity index is 1.90. The van der Waals surface area contributed by atoms with Crippen LogP contribution in [-0.4, -0.2) is 42.8 Å². The number of rotatable bonds is 7. The van der Waals surface area contributed by atoms with E-state index in [0.717, 1.165) is 5.56 Å². The number of amides is 1. The third-order valence-electron chi connectivity index (χ3n) is 6.04. The van der Waals surface area contributed by atoms with Crippen LogP contribution in [0.2, 0.25) is 0 Å². The highest BCUT2D eigenvalue weighted by Crippen LogP contribution is 2.43. The lowest BCUT2D eigenvalue weighted by Crippen LogP contribution is -2.30. The normalized spacial score (nSPS) is 17.4. The van der Waals surface area contributed by atoms with Crippen LogP contribution >= 0.6 is 0 Å². The second-order valence-corrected chi connectivity index (χ2v) is 8.16. The predicted octanol–water partition coefficient (Wildman–Crippen LogP) is 3.87. The molecule has 0 radical (unpaired) electrons. The first-order valence-electron chi connectivity index (χ1n) is 10.8. The van der Waals surface area contributed by atoms with E-state index in [2.05, 4.69) is 0 Å². The Morgan fingerprint density at radius 1 is 0.857 bits per heavy atom. The van der Waals surface area contributed by atoms with Gasteiger partial charge in [0.1, 0.15) is 5.92 Å². The van der Waals surface area contributed by atoms with Crippen molar-refractivity contribution in [2.24, 2.45) is 5.92 Å². The number of carbonyl (C=O) groups excluding carboxylic acids is 3. The lowest BCUT2D eigenvalue weighted by molar-refractivity contribution is -0.135. The molecule has 3 aromatic rings. The molecule has 1 saturated heterocycles. The van der Waals surface area contributed by atoms with E-state index in [4.69, 9.17) is 9.47 Å². The summed E-state index contributed by atoms with van der Waals surface area (Å²) < 4.78 is 10.7. The molecule has 4 rings (SSSR count). The van der Waals surface area contributed by atoms with Crippen molar-refractivity contribution in [2.75, 3.05) is 19.1 Å². The van der Waals surface area contributed by atoms with Crippen molar-refractivity contribution in [3.8, 4) is 11.5 Å². The molecule has 2 atom stereocenters. The standard InChI is InChI=1S/C27H23NO7/c1-15-7-9-16(10-8-15)24(29)22-23(17-11-12-20(34-2)21(14-17)35-3)28(26(31)25(22)30)19-6-4-5-18(13-19)27(32)33/h4-14,22-23H,1-3H3,(H,32,33). The molecule has 0 saturated carbocycles. The zero-order valence-corrected chi connectivity index (χ0v) is 19.3. The van der Waals surface area contributed by atoms with Gasteiger partial charge in [-0.05, 0) is 42.8 Å². The molecule has 0 aromatic heterocycles. The molecule has 3 aromatic carbocycles. The van der Waals surface area contributed by atoms with Gasteiger partial charge in [0, 0.05) is 11.3 Å². The Hall–Kier alpha value is -4.46. The third-order valence-corrected chi connectivity index (χ3v) is 6.04. The number of ketones is 2. The minimum absolute atomic E-state index is 0.0536. The SMILES string of the molecule is COc1ccc(C2C(C(=O)c3ccc(C)cc3)C(=O)C(=O)N2c2cccc(C(=O)O)c2)cc1OC. The molecular formula is C27H23NO7. The summed E-state index contributed by atoms with van der Waals surface area (Å²) in [7, 11) is 2.93. The number of carboxylic acid groups (broad SMARTS) is 1. The Labute approximate surface area is 201 Å². The zero-order chi connectivity index (χ0) is 25.3. The number of carboxylic acids is 1. The number of Topliss-reactive ketones (excluding diaryl/α,β-unsaturated/α-hetero) is 2. The average molecular weight is 473 g/mol. The second kappa shape index (κ2) is 9.42. The quantitative estimate of drug-likeness (QED) is 0.315. The number of methoxy groups -OCH3 is 2. The van der Waals surface area contributed by atoms with Crippen molar-refractivity contribution < 1.29 is 33.8 Å². The number of ether oxygens (including phenoxy) is 2. The van der Waals surface area contributed by atoms with E-state index in [-0.39, 0.29) is 11.3 Å². The van der Waals surface area contributed by atoms with E-state index in [1.807, 2.05) is 6.92 Å². The van der Waals surface area contributed by atoms with Crippen LogP contribution in [0.15, 0.2) is 66.7 Å². The molecule has 1 fully saturated rings. The first-order chi connectivity index (χ1) is 16.8. The van der Waals surface area contributed by atoms with Crippen LogP contribution in [0.1, 0.15) is 37.9 Å². The lowest BCUT2D eigenvalue weighted by atomic mass is 9.86. The maximum atomic E-state index is 13.6. The summed E-state index contributed by atoms with van der Waals surface area (Å²) in [5.41, 5.74) is 1.85. The number of hydrogen-bond acceptors (Lipinski definition) is 6. The first kappa shape index (κ1) is 23.7. The van der Waals surface area contributed by atoms with Gasteiger partial charge in [-0.15, -0.1) is 0 Å². The topological polar surface area (TPSA) is 110 Å². The first-order valence-corrected chi connectivity index (χ1v) is 10.8. The fourth-order valence-corrected chi connectivity index (χ4v) is 4.28. The summed E-state index contributed by atoms with van der Waals surface area (Å²) >= 11 is 0. The molecule has 8 heteroatoms. The average Bonchev–Trinajstić information content (AvgIpc) is 3.13. The number of nitrogens with zero attached hydrogens (tertiary/aromatic N) is 1. The number of aryl methyl sites for hydroxylation is 1. The molecule has 1 aliphatic rings. The Bertz CT molecular complexity index is 1330. The highest BCUT2D eigenvalue weighted by atomic mass is 16.5. The molecule has 178 valence electrons. The van der Waals surface area contributed by atoms with Gasteiger partial charge in [-0.25, -0.2) is 4.79 Å². The van der Waals surface area contributed by atoms with Crippen LogP contribution in [0.4, 0.5) is 5.69 Å². The molecule has 8 nitrogen and oxygen atoms in total. The van der Waals surface area contributed by atoms with Crippen LogP contribution in [0.3, 0.4) is 0 Å². The number of carbonyl (C=O) groups is 4. The maximum absolute atomic E-state index is 13.6. The molecule has 35 heavy (non-hydrogen) atoms. The van der Waals surface area contributed by atoms with Crippen LogP contribution in [0.5, 0.6) is 11.5 Å². The van der Waals surface area contributed by atoms with Crippen LogP contribution in [-0.2, 0) is 9.59 Å². The second-order valence-electron chi connectivity index (χ2n) is 8.16. The van der Waals surface area contributed by atoms with Gasteiger partial charge in [0.25, 0.3) is 5.91 Å². The van der Waals surface area contributed by atoms with Gasteiger partial charge in [-0.3, -0.25) is 19.3 Å². The number of benzene rings is 3. The Kier molecular flexibility index (Phi) is 6.38.